The van der Waals surface area contributed by atoms with E-state index in [1.165, 1.54) is 0 Å². The van der Waals surface area contributed by atoms with E-state index in [-0.39, 0.29) is 5.91 Å². The number of amides is 1. The van der Waals surface area contributed by atoms with Gasteiger partial charge in [-0.2, -0.15) is 0 Å². The van der Waals surface area contributed by atoms with Crippen LogP contribution in [0.25, 0.3) is 22.4 Å². The fourth-order valence-corrected chi connectivity index (χ4v) is 3.15. The van der Waals surface area contributed by atoms with Gasteiger partial charge in [-0.3, -0.25) is 4.79 Å². The second-order valence-corrected chi connectivity index (χ2v) is 6.52. The molecule has 0 radical (unpaired) electrons. The second kappa shape index (κ2) is 7.03. The van der Waals surface area contributed by atoms with Crippen molar-refractivity contribution in [1.29, 1.82) is 0 Å². The standard InChI is InChI=1S/C22H19N3O2/c1-15-20-18(22(26)25(2)14-16-9-5-3-6-10-16)13-19(23-21(20)27-24-15)17-11-7-4-8-12-17/h3-13H,14H2,1-2H3. The van der Waals surface area contributed by atoms with E-state index in [1.54, 1.807) is 11.9 Å². The van der Waals surface area contributed by atoms with Crippen LogP contribution in [0.4, 0.5) is 0 Å². The van der Waals surface area contributed by atoms with E-state index in [4.69, 9.17) is 4.52 Å². The third kappa shape index (κ3) is 3.31. The van der Waals surface area contributed by atoms with Crippen molar-refractivity contribution in [3.05, 3.63) is 83.6 Å². The highest BCUT2D eigenvalue weighted by atomic mass is 16.5. The van der Waals surface area contributed by atoms with Crippen molar-refractivity contribution in [2.75, 3.05) is 7.05 Å². The summed E-state index contributed by atoms with van der Waals surface area (Å²) >= 11 is 0. The predicted molar refractivity (Wildman–Crippen MR) is 104 cm³/mol. The van der Waals surface area contributed by atoms with E-state index in [2.05, 4.69) is 10.1 Å². The lowest BCUT2D eigenvalue weighted by molar-refractivity contribution is 0.0787. The molecule has 4 aromatic rings. The van der Waals surface area contributed by atoms with Gasteiger partial charge >= 0.3 is 0 Å². The smallest absolute Gasteiger partial charge is 0.259 e. The minimum absolute atomic E-state index is 0.0882. The molecule has 2 aromatic carbocycles. The molecule has 0 spiro atoms. The van der Waals surface area contributed by atoms with Crippen LogP contribution in [-0.2, 0) is 6.54 Å². The number of aromatic nitrogens is 2. The normalized spacial score (nSPS) is 10.9. The zero-order chi connectivity index (χ0) is 18.8. The van der Waals surface area contributed by atoms with Crippen LogP contribution in [0.1, 0.15) is 21.6 Å². The highest BCUT2D eigenvalue weighted by Gasteiger charge is 2.21. The molecule has 5 nitrogen and oxygen atoms in total. The molecule has 0 fully saturated rings. The number of hydrogen-bond acceptors (Lipinski definition) is 4. The Labute approximate surface area is 157 Å². The Kier molecular flexibility index (Phi) is 4.42. The van der Waals surface area contributed by atoms with Gasteiger partial charge in [-0.25, -0.2) is 4.98 Å². The monoisotopic (exact) mass is 357 g/mol. The summed E-state index contributed by atoms with van der Waals surface area (Å²) in [7, 11) is 1.80. The van der Waals surface area contributed by atoms with Crippen molar-refractivity contribution >= 4 is 17.0 Å². The number of pyridine rings is 1. The van der Waals surface area contributed by atoms with E-state index < -0.39 is 0 Å². The van der Waals surface area contributed by atoms with Crippen LogP contribution in [0.3, 0.4) is 0 Å². The van der Waals surface area contributed by atoms with Crippen molar-refractivity contribution in [2.45, 2.75) is 13.5 Å². The van der Waals surface area contributed by atoms with Gasteiger partial charge in [0.25, 0.3) is 11.6 Å². The van der Waals surface area contributed by atoms with Crippen molar-refractivity contribution in [3.63, 3.8) is 0 Å². The number of hydrogen-bond donors (Lipinski definition) is 0. The first-order chi connectivity index (χ1) is 13.1. The number of aryl methyl sites for hydroxylation is 1. The van der Waals surface area contributed by atoms with Crippen molar-refractivity contribution in [1.82, 2.24) is 15.0 Å². The molecular formula is C22H19N3O2. The molecule has 134 valence electrons. The van der Waals surface area contributed by atoms with Crippen LogP contribution in [0.5, 0.6) is 0 Å². The number of fused-ring (bicyclic) bond motifs is 1. The number of carbonyl (C=O) groups is 1. The van der Waals surface area contributed by atoms with Crippen molar-refractivity contribution < 1.29 is 9.32 Å². The highest BCUT2D eigenvalue weighted by Crippen LogP contribution is 2.28. The van der Waals surface area contributed by atoms with Gasteiger partial charge in [-0.05, 0) is 18.6 Å². The SMILES string of the molecule is Cc1noc2nc(-c3ccccc3)cc(C(=O)N(C)Cc3ccccc3)c12. The summed E-state index contributed by atoms with van der Waals surface area (Å²) in [6.07, 6.45) is 0. The van der Waals surface area contributed by atoms with Gasteiger partial charge in [-0.15, -0.1) is 0 Å². The van der Waals surface area contributed by atoms with Gasteiger partial charge in [-0.1, -0.05) is 65.8 Å². The minimum atomic E-state index is -0.0882. The Bertz CT molecular complexity index is 1090. The summed E-state index contributed by atoms with van der Waals surface area (Å²) in [6, 6.07) is 21.5. The van der Waals surface area contributed by atoms with Crippen LogP contribution in [0.15, 0.2) is 71.3 Å². The third-order valence-electron chi connectivity index (χ3n) is 4.53. The molecule has 2 heterocycles. The van der Waals surface area contributed by atoms with E-state index in [9.17, 15) is 4.79 Å². The van der Waals surface area contributed by atoms with Gasteiger partial charge in [0, 0.05) is 19.2 Å². The van der Waals surface area contributed by atoms with E-state index >= 15 is 0 Å². The van der Waals surface area contributed by atoms with Gasteiger partial charge in [0.15, 0.2) is 0 Å². The molecule has 2 aromatic heterocycles. The maximum Gasteiger partial charge on any atom is 0.259 e. The summed E-state index contributed by atoms with van der Waals surface area (Å²) in [4.78, 5) is 19.5. The fraction of sp³-hybridized carbons (Fsp3) is 0.136. The molecule has 0 unspecified atom stereocenters. The number of rotatable bonds is 4. The van der Waals surface area contributed by atoms with E-state index in [1.807, 2.05) is 73.7 Å². The van der Waals surface area contributed by atoms with Gasteiger partial charge < -0.3 is 9.42 Å². The van der Waals surface area contributed by atoms with Crippen LogP contribution < -0.4 is 0 Å². The Hall–Kier alpha value is -3.47. The number of nitrogens with zero attached hydrogens (tertiary/aromatic N) is 3. The topological polar surface area (TPSA) is 59.2 Å². The van der Waals surface area contributed by atoms with Gasteiger partial charge in [0.05, 0.1) is 22.3 Å². The first-order valence-electron chi connectivity index (χ1n) is 8.75. The summed E-state index contributed by atoms with van der Waals surface area (Å²) in [5, 5.41) is 4.67. The zero-order valence-electron chi connectivity index (χ0n) is 15.2. The molecule has 4 rings (SSSR count). The molecule has 0 bridgehead atoms. The van der Waals surface area contributed by atoms with Gasteiger partial charge in [0.2, 0.25) is 0 Å². The molecule has 0 aliphatic rings. The zero-order valence-corrected chi connectivity index (χ0v) is 15.2. The molecule has 0 saturated heterocycles. The molecule has 0 atom stereocenters. The lowest BCUT2D eigenvalue weighted by atomic mass is 10.0. The highest BCUT2D eigenvalue weighted by molar-refractivity contribution is 6.06. The van der Waals surface area contributed by atoms with Crippen LogP contribution in [0.2, 0.25) is 0 Å². The summed E-state index contributed by atoms with van der Waals surface area (Å²) in [6.45, 7) is 2.35. The largest absolute Gasteiger partial charge is 0.337 e. The molecule has 1 amide bonds. The van der Waals surface area contributed by atoms with Gasteiger partial charge in [0.1, 0.15) is 0 Å². The fourth-order valence-electron chi connectivity index (χ4n) is 3.15. The predicted octanol–water partition coefficient (Wildman–Crippen LogP) is 4.47. The Morgan fingerprint density at radius 3 is 2.41 bits per heavy atom. The van der Waals surface area contributed by atoms with E-state index in [0.717, 1.165) is 11.1 Å². The Morgan fingerprint density at radius 2 is 1.70 bits per heavy atom. The van der Waals surface area contributed by atoms with Crippen LogP contribution >= 0.6 is 0 Å². The first kappa shape index (κ1) is 17.0. The minimum Gasteiger partial charge on any atom is -0.337 e. The quantitative estimate of drug-likeness (QED) is 0.541. The molecule has 27 heavy (non-hydrogen) atoms. The Morgan fingerprint density at radius 1 is 1.04 bits per heavy atom. The lowest BCUT2D eigenvalue weighted by Crippen LogP contribution is -2.26. The summed E-state index contributed by atoms with van der Waals surface area (Å²) in [5.41, 5.74) is 4.28. The molecule has 5 heteroatoms. The molecule has 0 N–H and O–H groups in total. The maximum atomic E-state index is 13.2. The maximum absolute atomic E-state index is 13.2. The van der Waals surface area contributed by atoms with Crippen molar-refractivity contribution in [3.8, 4) is 11.3 Å². The lowest BCUT2D eigenvalue weighted by Gasteiger charge is -2.18. The summed E-state index contributed by atoms with van der Waals surface area (Å²) < 4.78 is 5.37. The molecule has 0 aliphatic carbocycles. The third-order valence-corrected chi connectivity index (χ3v) is 4.53. The first-order valence-corrected chi connectivity index (χ1v) is 8.75. The van der Waals surface area contributed by atoms with E-state index in [0.29, 0.717) is 34.6 Å². The summed E-state index contributed by atoms with van der Waals surface area (Å²) in [5.74, 6) is -0.0882. The molecule has 0 aliphatic heterocycles. The Balaban J connectivity index is 1.77. The average molecular weight is 357 g/mol. The van der Waals surface area contributed by atoms with Crippen molar-refractivity contribution in [2.24, 2.45) is 0 Å². The van der Waals surface area contributed by atoms with Crippen LogP contribution in [0, 0.1) is 6.92 Å². The number of benzene rings is 2. The number of carbonyl (C=O) groups excluding carboxylic acids is 1. The molecule has 0 saturated carbocycles. The van der Waals surface area contributed by atoms with Crippen LogP contribution in [-0.4, -0.2) is 28.0 Å². The molecular weight excluding hydrogens is 338 g/mol. The second-order valence-electron chi connectivity index (χ2n) is 6.52. The average Bonchev–Trinajstić information content (AvgIpc) is 3.09.